The van der Waals surface area contributed by atoms with Gasteiger partial charge in [-0.15, -0.1) is 0 Å². The van der Waals surface area contributed by atoms with Crippen LogP contribution in [-0.4, -0.2) is 23.0 Å². The molecule has 0 bridgehead atoms. The summed E-state index contributed by atoms with van der Waals surface area (Å²) in [6.07, 6.45) is 3.83. The average molecular weight is 254 g/mol. The molecule has 0 amide bonds. The maximum Gasteiger partial charge on any atom is 0.0586 e. The molecule has 0 saturated carbocycles. The molecule has 0 radical (unpaired) electrons. The van der Waals surface area contributed by atoms with E-state index < -0.39 is 0 Å². The fraction of sp³-hybridized carbons (Fsp3) is 0.529. The molecule has 0 unspecified atom stereocenters. The maximum atomic E-state index is 3.73. The fourth-order valence-corrected chi connectivity index (χ4v) is 4.14. The second kappa shape index (κ2) is 3.86. The van der Waals surface area contributed by atoms with E-state index in [1.54, 1.807) is 5.56 Å². The molecule has 0 aliphatic carbocycles. The Labute approximate surface area is 114 Å². The Kier molecular flexibility index (Phi) is 2.34. The summed E-state index contributed by atoms with van der Waals surface area (Å²) in [5, 5.41) is 1.44. The van der Waals surface area contributed by atoms with Gasteiger partial charge in [-0.2, -0.15) is 0 Å². The van der Waals surface area contributed by atoms with Crippen molar-refractivity contribution in [3.8, 4) is 0 Å². The van der Waals surface area contributed by atoms with Gasteiger partial charge in [0, 0.05) is 29.7 Å². The predicted molar refractivity (Wildman–Crippen MR) is 79.3 cm³/mol. The number of fused-ring (bicyclic) bond motifs is 5. The van der Waals surface area contributed by atoms with E-state index in [0.717, 1.165) is 5.92 Å². The van der Waals surface area contributed by atoms with Gasteiger partial charge in [-0.1, -0.05) is 25.1 Å². The quantitative estimate of drug-likeness (QED) is 0.760. The lowest BCUT2D eigenvalue weighted by molar-refractivity contribution is 0.0224. The first-order valence-electron chi connectivity index (χ1n) is 7.53. The Morgan fingerprint density at radius 3 is 3.05 bits per heavy atom. The monoisotopic (exact) mass is 254 g/mol. The van der Waals surface area contributed by atoms with Gasteiger partial charge in [-0.3, -0.25) is 4.90 Å². The van der Waals surface area contributed by atoms with E-state index in [9.17, 15) is 0 Å². The molecule has 2 heteroatoms. The van der Waals surface area contributed by atoms with Crippen LogP contribution >= 0.6 is 0 Å². The van der Waals surface area contributed by atoms with Crippen LogP contribution in [0.5, 0.6) is 0 Å². The molecular formula is C17H22N2. The smallest absolute Gasteiger partial charge is 0.0586 e. The highest BCUT2D eigenvalue weighted by Crippen LogP contribution is 2.44. The lowest BCUT2D eigenvalue weighted by Gasteiger charge is -2.49. The van der Waals surface area contributed by atoms with Crippen molar-refractivity contribution in [2.75, 3.05) is 13.1 Å². The van der Waals surface area contributed by atoms with E-state index in [0.29, 0.717) is 0 Å². The summed E-state index contributed by atoms with van der Waals surface area (Å²) in [7, 11) is 0. The molecule has 1 N–H and O–H groups in total. The molecule has 3 heterocycles. The normalized spacial score (nSPS) is 31.2. The molecule has 4 rings (SSSR count). The number of hydrogen-bond donors (Lipinski definition) is 1. The van der Waals surface area contributed by atoms with Crippen molar-refractivity contribution in [1.29, 1.82) is 0 Å². The third-order valence-electron chi connectivity index (χ3n) is 5.34. The topological polar surface area (TPSA) is 19.0 Å². The Morgan fingerprint density at radius 2 is 2.16 bits per heavy atom. The Balaban J connectivity index is 1.90. The molecule has 2 aliphatic heterocycles. The van der Waals surface area contributed by atoms with Crippen LogP contribution in [0.4, 0.5) is 0 Å². The lowest BCUT2D eigenvalue weighted by atomic mass is 9.77. The number of nitrogens with zero attached hydrogens (tertiary/aromatic N) is 1. The molecule has 100 valence electrons. The number of rotatable bonds is 0. The molecule has 1 fully saturated rings. The summed E-state index contributed by atoms with van der Waals surface area (Å²) in [6.45, 7) is 7.30. The van der Waals surface area contributed by atoms with Crippen molar-refractivity contribution in [2.24, 2.45) is 5.92 Å². The zero-order chi connectivity index (χ0) is 13.0. The minimum atomic E-state index is 0.235. The molecular weight excluding hydrogens is 232 g/mol. The summed E-state index contributed by atoms with van der Waals surface area (Å²) < 4.78 is 0. The third-order valence-corrected chi connectivity index (χ3v) is 5.34. The van der Waals surface area contributed by atoms with E-state index in [1.807, 2.05) is 0 Å². The van der Waals surface area contributed by atoms with Gasteiger partial charge in [0.1, 0.15) is 0 Å². The van der Waals surface area contributed by atoms with Gasteiger partial charge >= 0.3 is 0 Å². The Morgan fingerprint density at radius 1 is 1.32 bits per heavy atom. The van der Waals surface area contributed by atoms with Crippen molar-refractivity contribution < 1.29 is 0 Å². The number of piperidine rings is 1. The van der Waals surface area contributed by atoms with Gasteiger partial charge in [0.05, 0.1) is 5.54 Å². The van der Waals surface area contributed by atoms with E-state index in [2.05, 4.69) is 48.0 Å². The van der Waals surface area contributed by atoms with Crippen molar-refractivity contribution >= 4 is 10.9 Å². The Bertz CT molecular complexity index is 627. The van der Waals surface area contributed by atoms with Gasteiger partial charge in [0.2, 0.25) is 0 Å². The molecule has 0 spiro atoms. The molecule has 1 aromatic heterocycles. The lowest BCUT2D eigenvalue weighted by Crippen LogP contribution is -2.53. The van der Waals surface area contributed by atoms with Crippen LogP contribution in [0.2, 0.25) is 0 Å². The molecule has 2 nitrogen and oxygen atoms in total. The number of H-pyrrole nitrogens is 1. The highest BCUT2D eigenvalue weighted by atomic mass is 15.2. The van der Waals surface area contributed by atoms with Crippen LogP contribution in [-0.2, 0) is 12.0 Å². The molecule has 2 atom stereocenters. The van der Waals surface area contributed by atoms with Crippen LogP contribution in [0.3, 0.4) is 0 Å². The first kappa shape index (κ1) is 11.5. The third kappa shape index (κ3) is 1.53. The van der Waals surface area contributed by atoms with E-state index >= 15 is 0 Å². The molecule has 1 saturated heterocycles. The molecule has 19 heavy (non-hydrogen) atoms. The SMILES string of the molecule is C[C@@H]1CC[C@]2(C)c3[nH]c4ccccc4c3CCN2C1. The first-order valence-corrected chi connectivity index (χ1v) is 7.53. The highest BCUT2D eigenvalue weighted by Gasteiger charge is 2.43. The summed E-state index contributed by atoms with van der Waals surface area (Å²) in [5.74, 6) is 0.846. The molecule has 2 aliphatic rings. The average Bonchev–Trinajstić information content (AvgIpc) is 2.80. The van der Waals surface area contributed by atoms with Crippen molar-refractivity contribution in [1.82, 2.24) is 9.88 Å². The first-order chi connectivity index (χ1) is 9.18. The maximum absolute atomic E-state index is 3.73. The summed E-state index contributed by atoms with van der Waals surface area (Å²) in [6, 6.07) is 8.78. The number of aromatic nitrogens is 1. The second-order valence-electron chi connectivity index (χ2n) is 6.64. The largest absolute Gasteiger partial charge is 0.357 e. The van der Waals surface area contributed by atoms with Crippen molar-refractivity contribution in [3.63, 3.8) is 0 Å². The minimum absolute atomic E-state index is 0.235. The van der Waals surface area contributed by atoms with Crippen molar-refractivity contribution in [2.45, 2.75) is 38.6 Å². The second-order valence-corrected chi connectivity index (χ2v) is 6.64. The highest BCUT2D eigenvalue weighted by molar-refractivity contribution is 5.85. The summed E-state index contributed by atoms with van der Waals surface area (Å²) in [4.78, 5) is 6.44. The van der Waals surface area contributed by atoms with Crippen LogP contribution < -0.4 is 0 Å². The summed E-state index contributed by atoms with van der Waals surface area (Å²) in [5.41, 5.74) is 4.61. The zero-order valence-corrected chi connectivity index (χ0v) is 11.9. The van der Waals surface area contributed by atoms with Crippen LogP contribution in [0.15, 0.2) is 24.3 Å². The number of para-hydroxylation sites is 1. The standard InChI is InChI=1S/C17H22N2/c1-12-7-9-17(2)16-14(8-10-19(17)11-12)13-5-3-4-6-15(13)18-16/h3-6,12,18H,7-11H2,1-2H3/t12-,17-/m1/s1. The summed E-state index contributed by atoms with van der Waals surface area (Å²) >= 11 is 0. The predicted octanol–water partition coefficient (Wildman–Crippen LogP) is 3.67. The Hall–Kier alpha value is -1.28. The van der Waals surface area contributed by atoms with Gasteiger partial charge < -0.3 is 4.98 Å². The van der Waals surface area contributed by atoms with Crippen LogP contribution in [0.25, 0.3) is 10.9 Å². The zero-order valence-electron chi connectivity index (χ0n) is 11.9. The van der Waals surface area contributed by atoms with Gasteiger partial charge in [-0.05, 0) is 43.7 Å². The number of nitrogens with one attached hydrogen (secondary N) is 1. The number of benzene rings is 1. The molecule has 2 aromatic rings. The van der Waals surface area contributed by atoms with Crippen molar-refractivity contribution in [3.05, 3.63) is 35.5 Å². The number of hydrogen-bond acceptors (Lipinski definition) is 1. The number of aromatic amines is 1. The van der Waals surface area contributed by atoms with Gasteiger partial charge in [0.25, 0.3) is 0 Å². The van der Waals surface area contributed by atoms with Gasteiger partial charge in [-0.25, -0.2) is 0 Å². The van der Waals surface area contributed by atoms with E-state index in [1.165, 1.54) is 48.9 Å². The van der Waals surface area contributed by atoms with E-state index in [4.69, 9.17) is 0 Å². The van der Waals surface area contributed by atoms with Gasteiger partial charge in [0.15, 0.2) is 0 Å². The fourth-order valence-electron chi connectivity index (χ4n) is 4.14. The van der Waals surface area contributed by atoms with Crippen LogP contribution in [0, 0.1) is 5.92 Å². The van der Waals surface area contributed by atoms with E-state index in [-0.39, 0.29) is 5.54 Å². The van der Waals surface area contributed by atoms with Crippen LogP contribution in [0.1, 0.15) is 37.9 Å². The minimum Gasteiger partial charge on any atom is -0.357 e. The molecule has 1 aromatic carbocycles.